The Morgan fingerprint density at radius 3 is 2.31 bits per heavy atom. The molecule has 4 rings (SSSR count). The highest BCUT2D eigenvalue weighted by Crippen LogP contribution is 2.21. The van der Waals surface area contributed by atoms with E-state index in [9.17, 15) is 27.7 Å². The third-order valence-electron chi connectivity index (χ3n) is 5.13. The predicted molar refractivity (Wildman–Crippen MR) is 111 cm³/mol. The molecule has 166 valence electrons. The molecule has 0 saturated carbocycles. The van der Waals surface area contributed by atoms with Crippen LogP contribution in [0.1, 0.15) is 10.4 Å². The molecule has 2 aromatic carbocycles. The highest BCUT2D eigenvalue weighted by molar-refractivity contribution is 7.89. The van der Waals surface area contributed by atoms with Crippen LogP contribution in [0.4, 0.5) is 10.1 Å². The summed E-state index contributed by atoms with van der Waals surface area (Å²) in [4.78, 5) is 24.2. The molecular formula is C20H18FN5O5S. The van der Waals surface area contributed by atoms with Crippen molar-refractivity contribution in [2.24, 2.45) is 0 Å². The van der Waals surface area contributed by atoms with E-state index in [1.165, 1.54) is 64.4 Å². The Morgan fingerprint density at radius 1 is 1.03 bits per heavy atom. The molecule has 32 heavy (non-hydrogen) atoms. The van der Waals surface area contributed by atoms with Gasteiger partial charge in [-0.15, -0.1) is 0 Å². The van der Waals surface area contributed by atoms with Crippen molar-refractivity contribution in [3.8, 4) is 5.69 Å². The van der Waals surface area contributed by atoms with E-state index in [-0.39, 0.29) is 42.7 Å². The van der Waals surface area contributed by atoms with Gasteiger partial charge >= 0.3 is 0 Å². The lowest BCUT2D eigenvalue weighted by atomic mass is 10.2. The molecule has 0 spiro atoms. The second kappa shape index (κ2) is 8.48. The first-order chi connectivity index (χ1) is 15.3. The minimum Gasteiger partial charge on any atom is -0.336 e. The largest absolute Gasteiger partial charge is 0.336 e. The van der Waals surface area contributed by atoms with Crippen molar-refractivity contribution in [1.29, 1.82) is 0 Å². The highest BCUT2D eigenvalue weighted by atomic mass is 32.2. The zero-order valence-electron chi connectivity index (χ0n) is 16.7. The van der Waals surface area contributed by atoms with Gasteiger partial charge in [-0.3, -0.25) is 14.9 Å². The van der Waals surface area contributed by atoms with Crippen LogP contribution in [0.5, 0.6) is 0 Å². The number of amides is 1. The highest BCUT2D eigenvalue weighted by Gasteiger charge is 2.32. The summed E-state index contributed by atoms with van der Waals surface area (Å²) in [6.45, 7) is 0.377. The number of non-ortho nitro benzene ring substituents is 1. The molecule has 12 heteroatoms. The van der Waals surface area contributed by atoms with Crippen LogP contribution in [0.3, 0.4) is 0 Å². The average molecular weight is 459 g/mol. The maximum atomic E-state index is 14.0. The number of halogens is 1. The zero-order chi connectivity index (χ0) is 22.9. The summed E-state index contributed by atoms with van der Waals surface area (Å²) < 4.78 is 42.0. The zero-order valence-corrected chi connectivity index (χ0v) is 17.5. The molecule has 1 aliphatic heterocycles. The number of piperazine rings is 1. The molecule has 10 nitrogen and oxygen atoms in total. The summed E-state index contributed by atoms with van der Waals surface area (Å²) in [6, 6.07) is 10.9. The minimum atomic E-state index is -3.99. The lowest BCUT2D eigenvalue weighted by Gasteiger charge is -2.33. The third kappa shape index (κ3) is 4.09. The van der Waals surface area contributed by atoms with Gasteiger partial charge in [-0.2, -0.15) is 9.40 Å². The van der Waals surface area contributed by atoms with Crippen molar-refractivity contribution in [3.05, 3.63) is 82.4 Å². The van der Waals surface area contributed by atoms with Gasteiger partial charge in [0, 0.05) is 44.5 Å². The van der Waals surface area contributed by atoms with Crippen molar-refractivity contribution in [2.45, 2.75) is 4.90 Å². The third-order valence-corrected chi connectivity index (χ3v) is 7.07. The van der Waals surface area contributed by atoms with Crippen LogP contribution in [0, 0.1) is 15.9 Å². The predicted octanol–water partition coefficient (Wildman–Crippen LogP) is 2.07. The Kier molecular flexibility index (Phi) is 5.72. The molecule has 1 saturated heterocycles. The second-order valence-corrected chi connectivity index (χ2v) is 8.98. The quantitative estimate of drug-likeness (QED) is 0.426. The number of aromatic nitrogens is 2. The summed E-state index contributed by atoms with van der Waals surface area (Å²) in [7, 11) is -3.99. The van der Waals surface area contributed by atoms with Gasteiger partial charge in [0.05, 0.1) is 22.4 Å². The molecular weight excluding hydrogens is 441 g/mol. The average Bonchev–Trinajstić information content (AvgIpc) is 3.29. The molecule has 0 N–H and O–H groups in total. The van der Waals surface area contributed by atoms with Crippen LogP contribution in [0.15, 0.2) is 65.8 Å². The monoisotopic (exact) mass is 459 g/mol. The fourth-order valence-electron chi connectivity index (χ4n) is 3.41. The van der Waals surface area contributed by atoms with Crippen LogP contribution < -0.4 is 0 Å². The van der Waals surface area contributed by atoms with E-state index >= 15 is 0 Å². The van der Waals surface area contributed by atoms with E-state index in [0.29, 0.717) is 11.3 Å². The van der Waals surface area contributed by atoms with Crippen molar-refractivity contribution in [2.75, 3.05) is 26.2 Å². The molecule has 2 heterocycles. The standard InChI is InChI=1S/C20H18FN5O5S/c21-18-3-1-2-4-19(18)32(30,31)24-11-9-23(10-12-24)20(27)15-13-22-25(14-15)16-5-7-17(8-6-16)26(28)29/h1-8,13-14H,9-12H2. The first-order valence-electron chi connectivity index (χ1n) is 9.61. The molecule has 0 aliphatic carbocycles. The number of nitro groups is 1. The van der Waals surface area contributed by atoms with E-state index in [1.807, 2.05) is 0 Å². The maximum absolute atomic E-state index is 14.0. The molecule has 0 radical (unpaired) electrons. The Balaban J connectivity index is 1.43. The van der Waals surface area contributed by atoms with Crippen LogP contribution in [0.25, 0.3) is 5.69 Å². The summed E-state index contributed by atoms with van der Waals surface area (Å²) in [5.41, 5.74) is 0.796. The van der Waals surface area contributed by atoms with Gasteiger partial charge in [-0.05, 0) is 24.3 Å². The van der Waals surface area contributed by atoms with Crippen LogP contribution in [-0.4, -0.2) is 64.4 Å². The van der Waals surface area contributed by atoms with Gasteiger partial charge in [0.1, 0.15) is 10.7 Å². The molecule has 3 aromatic rings. The SMILES string of the molecule is O=C(c1cnn(-c2ccc([N+](=O)[O-])cc2)c1)N1CCN(S(=O)(=O)c2ccccc2F)CC1. The van der Waals surface area contributed by atoms with E-state index < -0.39 is 20.8 Å². The van der Waals surface area contributed by atoms with Crippen LogP contribution >= 0.6 is 0 Å². The van der Waals surface area contributed by atoms with Crippen molar-refractivity contribution in [1.82, 2.24) is 19.0 Å². The van der Waals surface area contributed by atoms with Crippen molar-refractivity contribution < 1.29 is 22.5 Å². The number of benzene rings is 2. The van der Waals surface area contributed by atoms with Gasteiger partial charge in [0.25, 0.3) is 11.6 Å². The number of nitro benzene ring substituents is 1. The van der Waals surface area contributed by atoms with E-state index in [0.717, 1.165) is 10.4 Å². The summed E-state index contributed by atoms with van der Waals surface area (Å²) in [5.74, 6) is -1.13. The summed E-state index contributed by atoms with van der Waals surface area (Å²) in [5, 5.41) is 14.9. The Morgan fingerprint density at radius 2 is 1.69 bits per heavy atom. The van der Waals surface area contributed by atoms with E-state index in [4.69, 9.17) is 0 Å². The molecule has 1 aromatic heterocycles. The second-order valence-electron chi connectivity index (χ2n) is 7.07. The summed E-state index contributed by atoms with van der Waals surface area (Å²) in [6.07, 6.45) is 2.89. The lowest BCUT2D eigenvalue weighted by Crippen LogP contribution is -2.50. The van der Waals surface area contributed by atoms with Crippen LogP contribution in [-0.2, 0) is 10.0 Å². The first kappa shape index (κ1) is 21.6. The fraction of sp³-hybridized carbons (Fsp3) is 0.200. The number of sulfonamides is 1. The lowest BCUT2D eigenvalue weighted by molar-refractivity contribution is -0.384. The molecule has 0 atom stereocenters. The number of rotatable bonds is 5. The van der Waals surface area contributed by atoms with Gasteiger partial charge in [-0.25, -0.2) is 17.5 Å². The fourth-order valence-corrected chi connectivity index (χ4v) is 4.90. The molecule has 0 bridgehead atoms. The van der Waals surface area contributed by atoms with Gasteiger partial charge in [0.15, 0.2) is 0 Å². The topological polar surface area (TPSA) is 119 Å². The number of hydrogen-bond donors (Lipinski definition) is 0. The Bertz CT molecular complexity index is 1270. The van der Waals surface area contributed by atoms with E-state index in [1.54, 1.807) is 0 Å². The van der Waals surface area contributed by atoms with Crippen LogP contribution in [0.2, 0.25) is 0 Å². The normalized spacial score (nSPS) is 15.0. The Labute approximate surface area is 182 Å². The van der Waals surface area contributed by atoms with Gasteiger partial charge in [-0.1, -0.05) is 12.1 Å². The van der Waals surface area contributed by atoms with Gasteiger partial charge < -0.3 is 4.90 Å². The number of carbonyl (C=O) groups is 1. The first-order valence-corrected chi connectivity index (χ1v) is 11.0. The molecule has 0 unspecified atom stereocenters. The van der Waals surface area contributed by atoms with E-state index in [2.05, 4.69) is 5.10 Å². The minimum absolute atomic E-state index is 0.0406. The number of hydrogen-bond acceptors (Lipinski definition) is 6. The molecule has 1 fully saturated rings. The summed E-state index contributed by atoms with van der Waals surface area (Å²) >= 11 is 0. The smallest absolute Gasteiger partial charge is 0.269 e. The van der Waals surface area contributed by atoms with Crippen molar-refractivity contribution in [3.63, 3.8) is 0 Å². The molecule has 1 aliphatic rings. The maximum Gasteiger partial charge on any atom is 0.269 e. The molecule has 1 amide bonds. The Hall–Kier alpha value is -3.64. The van der Waals surface area contributed by atoms with Crippen molar-refractivity contribution >= 4 is 21.6 Å². The number of carbonyl (C=O) groups excluding carboxylic acids is 1. The number of nitrogens with zero attached hydrogens (tertiary/aromatic N) is 5. The van der Waals surface area contributed by atoms with Gasteiger partial charge in [0.2, 0.25) is 10.0 Å².